The van der Waals surface area contributed by atoms with E-state index >= 15 is 0 Å². The number of nitrogens with two attached hydrogens (primary N) is 1. The Morgan fingerprint density at radius 2 is 2.19 bits per heavy atom. The molecular weight excluding hydrogens is 218 g/mol. The summed E-state index contributed by atoms with van der Waals surface area (Å²) in [7, 11) is 0. The third-order valence-electron chi connectivity index (χ3n) is 2.49. The topological polar surface area (TPSA) is 43.8 Å². The van der Waals surface area contributed by atoms with Crippen molar-refractivity contribution >= 4 is 11.3 Å². The van der Waals surface area contributed by atoms with Gasteiger partial charge in [0, 0.05) is 22.4 Å². The van der Waals surface area contributed by atoms with Crippen LogP contribution in [0.1, 0.15) is 22.4 Å². The number of hydrogen-bond acceptors (Lipinski definition) is 3. The van der Waals surface area contributed by atoms with Crippen LogP contribution in [0.5, 0.6) is 0 Å². The first-order valence-corrected chi connectivity index (χ1v) is 6.41. The molecule has 4 heteroatoms. The number of rotatable bonds is 5. The molecule has 86 valence electrons. The number of imidazole rings is 1. The van der Waals surface area contributed by atoms with E-state index in [0.29, 0.717) is 6.54 Å². The van der Waals surface area contributed by atoms with Gasteiger partial charge in [0.2, 0.25) is 0 Å². The molecule has 0 fully saturated rings. The highest BCUT2D eigenvalue weighted by Gasteiger charge is 2.01. The van der Waals surface area contributed by atoms with Crippen LogP contribution < -0.4 is 5.73 Å². The second-order valence-electron chi connectivity index (χ2n) is 3.80. The van der Waals surface area contributed by atoms with Gasteiger partial charge in [-0.15, -0.1) is 11.3 Å². The molecule has 0 aliphatic heterocycles. The predicted molar refractivity (Wildman–Crippen MR) is 67.8 cm³/mol. The molecule has 0 aromatic carbocycles. The van der Waals surface area contributed by atoms with Crippen LogP contribution in [0.3, 0.4) is 0 Å². The molecule has 0 radical (unpaired) electrons. The Hall–Kier alpha value is -1.13. The van der Waals surface area contributed by atoms with Crippen molar-refractivity contribution in [1.82, 2.24) is 9.55 Å². The van der Waals surface area contributed by atoms with Crippen molar-refractivity contribution in [2.75, 3.05) is 6.54 Å². The van der Waals surface area contributed by atoms with Gasteiger partial charge in [-0.1, -0.05) is 6.92 Å². The molecule has 0 amide bonds. The van der Waals surface area contributed by atoms with Crippen LogP contribution in [0.4, 0.5) is 0 Å². The molecule has 16 heavy (non-hydrogen) atoms. The lowest BCUT2D eigenvalue weighted by atomic mass is 10.3. The minimum Gasteiger partial charge on any atom is -0.332 e. The highest BCUT2D eigenvalue weighted by atomic mass is 32.1. The summed E-state index contributed by atoms with van der Waals surface area (Å²) in [6.07, 6.45) is 5.94. The molecule has 0 aliphatic carbocycles. The van der Waals surface area contributed by atoms with Crippen molar-refractivity contribution in [3.8, 4) is 0 Å². The second-order valence-corrected chi connectivity index (χ2v) is 5.05. The summed E-state index contributed by atoms with van der Waals surface area (Å²) in [5.41, 5.74) is 6.58. The van der Waals surface area contributed by atoms with Gasteiger partial charge in [-0.05, 0) is 25.1 Å². The van der Waals surface area contributed by atoms with Crippen LogP contribution in [-0.4, -0.2) is 16.1 Å². The molecule has 2 aromatic rings. The first-order chi connectivity index (χ1) is 7.81. The molecule has 0 aliphatic rings. The number of aromatic nitrogens is 2. The smallest absolute Gasteiger partial charge is 0.0952 e. The van der Waals surface area contributed by atoms with E-state index in [-0.39, 0.29) is 0 Å². The lowest BCUT2D eigenvalue weighted by molar-refractivity contribution is 0.808. The summed E-state index contributed by atoms with van der Waals surface area (Å²) in [5, 5.41) is 0. The summed E-state index contributed by atoms with van der Waals surface area (Å²) in [5.74, 6) is 0. The van der Waals surface area contributed by atoms with Crippen molar-refractivity contribution in [2.24, 2.45) is 5.73 Å². The summed E-state index contributed by atoms with van der Waals surface area (Å²) < 4.78 is 2.12. The third-order valence-corrected chi connectivity index (χ3v) is 3.71. The molecule has 0 bridgehead atoms. The van der Waals surface area contributed by atoms with Crippen LogP contribution >= 0.6 is 11.3 Å². The number of thiophene rings is 1. The zero-order chi connectivity index (χ0) is 11.4. The maximum absolute atomic E-state index is 5.50. The van der Waals surface area contributed by atoms with E-state index in [0.717, 1.165) is 25.1 Å². The lowest BCUT2D eigenvalue weighted by Crippen LogP contribution is -2.02. The third kappa shape index (κ3) is 2.71. The Balaban J connectivity index is 2.02. The molecule has 3 nitrogen and oxygen atoms in total. The monoisotopic (exact) mass is 235 g/mol. The average molecular weight is 235 g/mol. The van der Waals surface area contributed by atoms with E-state index in [1.54, 1.807) is 0 Å². The van der Waals surface area contributed by atoms with Gasteiger partial charge in [-0.3, -0.25) is 0 Å². The van der Waals surface area contributed by atoms with Gasteiger partial charge >= 0.3 is 0 Å². The van der Waals surface area contributed by atoms with Gasteiger partial charge in [0.1, 0.15) is 0 Å². The maximum atomic E-state index is 5.50. The summed E-state index contributed by atoms with van der Waals surface area (Å²) in [6, 6.07) is 4.41. The van der Waals surface area contributed by atoms with Crippen LogP contribution in [0.15, 0.2) is 24.7 Å². The fraction of sp³-hybridized carbons (Fsp3) is 0.417. The van der Waals surface area contributed by atoms with Gasteiger partial charge in [0.05, 0.1) is 18.6 Å². The molecule has 0 saturated carbocycles. The van der Waals surface area contributed by atoms with Gasteiger partial charge in [0.15, 0.2) is 0 Å². The molecule has 0 spiro atoms. The highest BCUT2D eigenvalue weighted by molar-refractivity contribution is 7.11. The first kappa shape index (κ1) is 11.4. The van der Waals surface area contributed by atoms with Crippen molar-refractivity contribution in [3.63, 3.8) is 0 Å². The molecule has 2 heterocycles. The molecule has 2 N–H and O–H groups in total. The quantitative estimate of drug-likeness (QED) is 0.862. The van der Waals surface area contributed by atoms with Crippen molar-refractivity contribution in [1.29, 1.82) is 0 Å². The van der Waals surface area contributed by atoms with Gasteiger partial charge < -0.3 is 10.3 Å². The second kappa shape index (κ2) is 5.27. The zero-order valence-corrected chi connectivity index (χ0v) is 10.3. The van der Waals surface area contributed by atoms with E-state index < -0.39 is 0 Å². The normalized spacial score (nSPS) is 10.9. The molecular formula is C12H17N3S. The van der Waals surface area contributed by atoms with Crippen molar-refractivity contribution < 1.29 is 0 Å². The van der Waals surface area contributed by atoms with Crippen LogP contribution in [0, 0.1) is 0 Å². The minimum atomic E-state index is 0.663. The molecule has 2 aromatic heterocycles. The first-order valence-electron chi connectivity index (χ1n) is 5.60. The van der Waals surface area contributed by atoms with E-state index in [4.69, 9.17) is 5.73 Å². The molecule has 0 saturated heterocycles. The fourth-order valence-electron chi connectivity index (χ4n) is 1.65. The number of aryl methyl sites for hydroxylation is 1. The van der Waals surface area contributed by atoms with E-state index in [1.807, 2.05) is 17.7 Å². The van der Waals surface area contributed by atoms with Gasteiger partial charge in [-0.2, -0.15) is 0 Å². The van der Waals surface area contributed by atoms with E-state index in [2.05, 4.69) is 34.8 Å². The van der Waals surface area contributed by atoms with Crippen molar-refractivity contribution in [3.05, 3.63) is 40.1 Å². The van der Waals surface area contributed by atoms with Crippen LogP contribution in [-0.2, 0) is 19.4 Å². The molecule has 0 atom stereocenters. The maximum Gasteiger partial charge on any atom is 0.0952 e. The van der Waals surface area contributed by atoms with E-state index in [1.165, 1.54) is 9.75 Å². The van der Waals surface area contributed by atoms with Gasteiger partial charge in [0.25, 0.3) is 0 Å². The Morgan fingerprint density at radius 3 is 2.88 bits per heavy atom. The Labute approximate surface area is 99.9 Å². The summed E-state index contributed by atoms with van der Waals surface area (Å²) >= 11 is 1.88. The highest BCUT2D eigenvalue weighted by Crippen LogP contribution is 2.18. The summed E-state index contributed by atoms with van der Waals surface area (Å²) in [6.45, 7) is 3.77. The zero-order valence-electron chi connectivity index (χ0n) is 9.52. The average Bonchev–Trinajstić information content (AvgIpc) is 2.89. The molecule has 2 rings (SSSR count). The van der Waals surface area contributed by atoms with Crippen LogP contribution in [0.25, 0.3) is 0 Å². The Kier molecular flexibility index (Phi) is 3.74. The van der Waals surface area contributed by atoms with Crippen LogP contribution in [0.2, 0.25) is 0 Å². The standard InChI is InChI=1S/C12H17N3S/c1-2-11-3-4-12(16-11)8-15-7-10(5-6-13)14-9-15/h3-4,7,9H,2,5-6,8,13H2,1H3. The number of nitrogens with zero attached hydrogens (tertiary/aromatic N) is 2. The Bertz CT molecular complexity index is 445. The van der Waals surface area contributed by atoms with Crippen molar-refractivity contribution in [2.45, 2.75) is 26.3 Å². The number of hydrogen-bond donors (Lipinski definition) is 1. The SMILES string of the molecule is CCc1ccc(Cn2cnc(CCN)c2)s1. The fourth-order valence-corrected chi connectivity index (χ4v) is 2.61. The predicted octanol–water partition coefficient (Wildman–Crippen LogP) is 2.06. The summed E-state index contributed by atoms with van der Waals surface area (Å²) in [4.78, 5) is 7.14. The minimum absolute atomic E-state index is 0.663. The molecule has 0 unspecified atom stereocenters. The Morgan fingerprint density at radius 1 is 1.38 bits per heavy atom. The lowest BCUT2D eigenvalue weighted by Gasteiger charge is -1.97. The largest absolute Gasteiger partial charge is 0.332 e. The van der Waals surface area contributed by atoms with Gasteiger partial charge in [-0.25, -0.2) is 4.98 Å². The van der Waals surface area contributed by atoms with E-state index in [9.17, 15) is 0 Å².